The van der Waals surface area contributed by atoms with Crippen LogP contribution in [0.25, 0.3) is 0 Å². The first-order chi connectivity index (χ1) is 7.16. The molecule has 15 heavy (non-hydrogen) atoms. The fourth-order valence-electron chi connectivity index (χ4n) is 1.22. The summed E-state index contributed by atoms with van der Waals surface area (Å²) in [5.41, 5.74) is 0.965. The number of aromatic nitrogens is 1. The van der Waals surface area contributed by atoms with Crippen LogP contribution < -0.4 is 4.90 Å². The maximum atomic E-state index is 10.9. The minimum absolute atomic E-state index is 0.300. The molecular formula is C10H14N2O2S. The monoisotopic (exact) mass is 226 g/mol. The molecule has 0 aliphatic heterocycles. The average molecular weight is 226 g/mol. The molecule has 0 aromatic carbocycles. The van der Waals surface area contributed by atoms with Gasteiger partial charge in [0.2, 0.25) is 0 Å². The van der Waals surface area contributed by atoms with E-state index in [0.29, 0.717) is 11.3 Å². The predicted molar refractivity (Wildman–Crippen MR) is 62.8 cm³/mol. The third-order valence-corrected chi connectivity index (χ3v) is 2.66. The SMILES string of the molecule is CSCCN(C)c1cnccc1C(=O)O. The van der Waals surface area contributed by atoms with Crippen LogP contribution in [0.4, 0.5) is 5.69 Å². The largest absolute Gasteiger partial charge is 0.478 e. The van der Waals surface area contributed by atoms with Crippen molar-refractivity contribution in [2.24, 2.45) is 0 Å². The molecular weight excluding hydrogens is 212 g/mol. The first-order valence-electron chi connectivity index (χ1n) is 4.54. The molecule has 0 atom stereocenters. The molecule has 0 amide bonds. The van der Waals surface area contributed by atoms with Gasteiger partial charge in [-0.3, -0.25) is 4.98 Å². The number of carboxylic acids is 1. The Labute approximate surface area is 93.3 Å². The molecule has 5 heteroatoms. The van der Waals surface area contributed by atoms with E-state index in [1.54, 1.807) is 18.0 Å². The number of pyridine rings is 1. The molecule has 1 aromatic heterocycles. The van der Waals surface area contributed by atoms with Gasteiger partial charge in [-0.2, -0.15) is 11.8 Å². The van der Waals surface area contributed by atoms with E-state index in [1.165, 1.54) is 12.3 Å². The van der Waals surface area contributed by atoms with Crippen molar-refractivity contribution in [1.82, 2.24) is 4.98 Å². The summed E-state index contributed by atoms with van der Waals surface area (Å²) in [6.07, 6.45) is 5.11. The van der Waals surface area contributed by atoms with E-state index in [9.17, 15) is 4.79 Å². The minimum atomic E-state index is -0.914. The quantitative estimate of drug-likeness (QED) is 0.826. The van der Waals surface area contributed by atoms with E-state index in [-0.39, 0.29) is 0 Å². The molecule has 82 valence electrons. The van der Waals surface area contributed by atoms with Crippen molar-refractivity contribution < 1.29 is 9.90 Å². The number of hydrogen-bond donors (Lipinski definition) is 1. The molecule has 0 saturated carbocycles. The fourth-order valence-corrected chi connectivity index (χ4v) is 1.68. The molecule has 0 fully saturated rings. The van der Waals surface area contributed by atoms with Crippen molar-refractivity contribution in [2.45, 2.75) is 0 Å². The Morgan fingerprint density at radius 1 is 1.67 bits per heavy atom. The van der Waals surface area contributed by atoms with Crippen LogP contribution in [0.2, 0.25) is 0 Å². The van der Waals surface area contributed by atoms with Crippen molar-refractivity contribution in [2.75, 3.05) is 30.5 Å². The molecule has 1 aromatic rings. The topological polar surface area (TPSA) is 53.4 Å². The van der Waals surface area contributed by atoms with E-state index in [0.717, 1.165) is 12.3 Å². The maximum Gasteiger partial charge on any atom is 0.337 e. The predicted octanol–water partition coefficient (Wildman–Crippen LogP) is 1.58. The summed E-state index contributed by atoms with van der Waals surface area (Å²) in [7, 11) is 1.87. The lowest BCUT2D eigenvalue weighted by molar-refractivity contribution is 0.0697. The van der Waals surface area contributed by atoms with Gasteiger partial charge < -0.3 is 10.0 Å². The number of nitrogens with zero attached hydrogens (tertiary/aromatic N) is 2. The molecule has 0 unspecified atom stereocenters. The normalized spacial score (nSPS) is 10.0. The first-order valence-corrected chi connectivity index (χ1v) is 5.93. The minimum Gasteiger partial charge on any atom is -0.478 e. The summed E-state index contributed by atoms with van der Waals surface area (Å²) in [5.74, 6) is 0.0492. The summed E-state index contributed by atoms with van der Waals surface area (Å²) >= 11 is 1.73. The van der Waals surface area contributed by atoms with Crippen molar-refractivity contribution in [3.63, 3.8) is 0 Å². The third kappa shape index (κ3) is 3.13. The molecule has 4 nitrogen and oxygen atoms in total. The molecule has 0 spiro atoms. The van der Waals surface area contributed by atoms with Crippen LogP contribution in [0.1, 0.15) is 10.4 Å². The smallest absolute Gasteiger partial charge is 0.337 e. The van der Waals surface area contributed by atoms with Gasteiger partial charge >= 0.3 is 5.97 Å². The number of hydrogen-bond acceptors (Lipinski definition) is 4. The van der Waals surface area contributed by atoms with Crippen LogP contribution in [0, 0.1) is 0 Å². The summed E-state index contributed by atoms with van der Waals surface area (Å²) in [4.78, 5) is 16.8. The molecule has 1 rings (SSSR count). The lowest BCUT2D eigenvalue weighted by Gasteiger charge is -2.19. The highest BCUT2D eigenvalue weighted by Gasteiger charge is 2.12. The number of anilines is 1. The van der Waals surface area contributed by atoms with Crippen molar-refractivity contribution in [3.05, 3.63) is 24.0 Å². The zero-order valence-electron chi connectivity index (χ0n) is 8.80. The second kappa shape index (κ2) is 5.60. The van der Waals surface area contributed by atoms with Crippen LogP contribution in [-0.4, -0.2) is 41.7 Å². The lowest BCUT2D eigenvalue weighted by Crippen LogP contribution is -2.22. The zero-order valence-corrected chi connectivity index (χ0v) is 9.62. The Hall–Kier alpha value is -1.23. The van der Waals surface area contributed by atoms with E-state index in [2.05, 4.69) is 4.98 Å². The maximum absolute atomic E-state index is 10.9. The fraction of sp³-hybridized carbons (Fsp3) is 0.400. The van der Waals surface area contributed by atoms with Crippen LogP contribution in [-0.2, 0) is 0 Å². The standard InChI is InChI=1S/C10H14N2O2S/c1-12(5-6-15-2)9-7-11-4-3-8(9)10(13)14/h3-4,7H,5-6H2,1-2H3,(H,13,14). The van der Waals surface area contributed by atoms with Gasteiger partial charge in [-0.25, -0.2) is 4.79 Å². The second-order valence-electron chi connectivity index (χ2n) is 3.11. The molecule has 0 aliphatic rings. The summed E-state index contributed by atoms with van der Waals surface area (Å²) in [6.45, 7) is 0.813. The number of carboxylic acid groups (broad SMARTS) is 1. The van der Waals surface area contributed by atoms with E-state index in [1.807, 2.05) is 18.2 Å². The molecule has 1 heterocycles. The van der Waals surface area contributed by atoms with Crippen LogP contribution in [0.15, 0.2) is 18.5 Å². The van der Waals surface area contributed by atoms with Gasteiger partial charge in [0.05, 0.1) is 17.4 Å². The Balaban J connectivity index is 2.87. The Morgan fingerprint density at radius 2 is 2.40 bits per heavy atom. The molecule has 0 radical (unpaired) electrons. The van der Waals surface area contributed by atoms with E-state index >= 15 is 0 Å². The van der Waals surface area contributed by atoms with Gasteiger partial charge in [0.25, 0.3) is 0 Å². The van der Waals surface area contributed by atoms with Gasteiger partial charge in [-0.1, -0.05) is 0 Å². The molecule has 0 saturated heterocycles. The van der Waals surface area contributed by atoms with Gasteiger partial charge in [-0.05, 0) is 12.3 Å². The zero-order chi connectivity index (χ0) is 11.3. The van der Waals surface area contributed by atoms with Crippen LogP contribution in [0.3, 0.4) is 0 Å². The van der Waals surface area contributed by atoms with Crippen LogP contribution in [0.5, 0.6) is 0 Å². The molecule has 0 aliphatic carbocycles. The van der Waals surface area contributed by atoms with E-state index < -0.39 is 5.97 Å². The number of carbonyl (C=O) groups is 1. The van der Waals surface area contributed by atoms with E-state index in [4.69, 9.17) is 5.11 Å². The highest BCUT2D eigenvalue weighted by molar-refractivity contribution is 7.98. The Bertz CT molecular complexity index is 344. The highest BCUT2D eigenvalue weighted by atomic mass is 32.2. The van der Waals surface area contributed by atoms with Gasteiger partial charge in [-0.15, -0.1) is 0 Å². The van der Waals surface area contributed by atoms with Crippen LogP contribution >= 0.6 is 11.8 Å². The van der Waals surface area contributed by atoms with Crippen molar-refractivity contribution in [3.8, 4) is 0 Å². The molecule has 0 bridgehead atoms. The lowest BCUT2D eigenvalue weighted by atomic mass is 10.2. The number of aromatic carboxylic acids is 1. The number of thioether (sulfide) groups is 1. The summed E-state index contributed by atoms with van der Waals surface area (Å²) in [6, 6.07) is 1.52. The summed E-state index contributed by atoms with van der Waals surface area (Å²) < 4.78 is 0. The summed E-state index contributed by atoms with van der Waals surface area (Å²) in [5, 5.41) is 8.98. The first kappa shape index (κ1) is 11.8. The number of rotatable bonds is 5. The van der Waals surface area contributed by atoms with Crippen molar-refractivity contribution >= 4 is 23.4 Å². The molecule has 1 N–H and O–H groups in total. The average Bonchev–Trinajstić information content (AvgIpc) is 2.25. The van der Waals surface area contributed by atoms with Gasteiger partial charge in [0.15, 0.2) is 0 Å². The Morgan fingerprint density at radius 3 is 3.00 bits per heavy atom. The highest BCUT2D eigenvalue weighted by Crippen LogP contribution is 2.17. The second-order valence-corrected chi connectivity index (χ2v) is 4.10. The van der Waals surface area contributed by atoms with Gasteiger partial charge in [0.1, 0.15) is 0 Å². The van der Waals surface area contributed by atoms with Gasteiger partial charge in [0, 0.05) is 25.5 Å². The van der Waals surface area contributed by atoms with Crippen molar-refractivity contribution in [1.29, 1.82) is 0 Å². The third-order valence-electron chi connectivity index (χ3n) is 2.07. The Kier molecular flexibility index (Phi) is 4.42.